The van der Waals surface area contributed by atoms with E-state index in [1.807, 2.05) is 19.9 Å². The lowest BCUT2D eigenvalue weighted by atomic mass is 10.3. The van der Waals surface area contributed by atoms with E-state index in [1.165, 1.54) is 0 Å². The molecule has 0 saturated carbocycles. The molecule has 0 radical (unpaired) electrons. The molecule has 1 rings (SSSR count). The molecule has 0 saturated heterocycles. The van der Waals surface area contributed by atoms with Crippen molar-refractivity contribution in [3.8, 4) is 0 Å². The molecule has 0 fully saturated rings. The van der Waals surface area contributed by atoms with Crippen LogP contribution in [0.15, 0.2) is 23.8 Å². The van der Waals surface area contributed by atoms with E-state index in [1.54, 1.807) is 0 Å². The summed E-state index contributed by atoms with van der Waals surface area (Å²) < 4.78 is 11.2. The van der Waals surface area contributed by atoms with Crippen LogP contribution in [0, 0.1) is 0 Å². The van der Waals surface area contributed by atoms with Gasteiger partial charge in [-0.15, -0.1) is 0 Å². The van der Waals surface area contributed by atoms with Crippen molar-refractivity contribution >= 4 is 8.07 Å². The zero-order valence-electron chi connectivity index (χ0n) is 9.10. The Kier molecular flexibility index (Phi) is 2.32. The molecule has 1 aliphatic heterocycles. The molecule has 1 heterocycles. The summed E-state index contributed by atoms with van der Waals surface area (Å²) in [5, 5.41) is 1.06. The van der Waals surface area contributed by atoms with Gasteiger partial charge in [0.25, 0.3) is 0 Å². The third kappa shape index (κ3) is 2.62. The molecule has 0 spiro atoms. The van der Waals surface area contributed by atoms with Crippen molar-refractivity contribution in [1.29, 1.82) is 0 Å². The summed E-state index contributed by atoms with van der Waals surface area (Å²) in [6.45, 7) is 14.4. The number of allylic oxidation sites excluding steroid dienone is 1. The van der Waals surface area contributed by atoms with E-state index in [9.17, 15) is 0 Å². The summed E-state index contributed by atoms with van der Waals surface area (Å²) in [5.74, 6) is 0.148. The molecule has 74 valence electrons. The van der Waals surface area contributed by atoms with Crippen LogP contribution in [0.3, 0.4) is 0 Å². The zero-order valence-corrected chi connectivity index (χ0v) is 10.1. The predicted octanol–water partition coefficient (Wildman–Crippen LogP) is 3.04. The number of hydrogen-bond donors (Lipinski definition) is 0. The van der Waals surface area contributed by atoms with Crippen LogP contribution in [0.5, 0.6) is 0 Å². The van der Waals surface area contributed by atoms with E-state index in [0.717, 1.165) is 5.38 Å². The van der Waals surface area contributed by atoms with Crippen molar-refractivity contribution in [2.24, 2.45) is 0 Å². The highest BCUT2D eigenvalue weighted by molar-refractivity contribution is 6.82. The highest BCUT2D eigenvalue weighted by atomic mass is 28.3. The monoisotopic (exact) mass is 198 g/mol. The summed E-state index contributed by atoms with van der Waals surface area (Å²) in [6, 6.07) is 0. The maximum absolute atomic E-state index is 5.75. The van der Waals surface area contributed by atoms with Crippen LogP contribution < -0.4 is 0 Å². The fraction of sp³-hybridized carbons (Fsp3) is 0.600. The molecule has 3 heteroatoms. The topological polar surface area (TPSA) is 18.5 Å². The summed E-state index contributed by atoms with van der Waals surface area (Å²) in [4.78, 5) is 0. The molecule has 0 aromatic heterocycles. The summed E-state index contributed by atoms with van der Waals surface area (Å²) in [6.07, 6.45) is 1.91. The van der Waals surface area contributed by atoms with Gasteiger partial charge in [0.2, 0.25) is 5.79 Å². The fourth-order valence-corrected chi connectivity index (χ4v) is 2.32. The van der Waals surface area contributed by atoms with Gasteiger partial charge in [0.1, 0.15) is 13.8 Å². The van der Waals surface area contributed by atoms with E-state index >= 15 is 0 Å². The quantitative estimate of drug-likeness (QED) is 0.603. The first-order valence-electron chi connectivity index (χ1n) is 4.50. The minimum Gasteiger partial charge on any atom is -0.462 e. The average Bonchev–Trinajstić information content (AvgIpc) is 1.79. The van der Waals surface area contributed by atoms with Crippen molar-refractivity contribution in [1.82, 2.24) is 0 Å². The minimum atomic E-state index is -1.39. The summed E-state index contributed by atoms with van der Waals surface area (Å²) >= 11 is 0. The van der Waals surface area contributed by atoms with Crippen LogP contribution in [0.4, 0.5) is 0 Å². The molecule has 0 aromatic rings. The van der Waals surface area contributed by atoms with Crippen molar-refractivity contribution in [2.75, 3.05) is 0 Å². The van der Waals surface area contributed by atoms with E-state index in [0.29, 0.717) is 5.76 Å². The highest BCUT2D eigenvalue weighted by Gasteiger charge is 2.33. The molecule has 1 aliphatic rings. The van der Waals surface area contributed by atoms with Crippen molar-refractivity contribution < 1.29 is 9.47 Å². The Morgan fingerprint density at radius 1 is 1.23 bits per heavy atom. The average molecular weight is 198 g/mol. The van der Waals surface area contributed by atoms with Crippen LogP contribution in [0.2, 0.25) is 19.6 Å². The second kappa shape index (κ2) is 2.91. The lowest BCUT2D eigenvalue weighted by Crippen LogP contribution is -2.38. The molecule has 0 unspecified atom stereocenters. The summed E-state index contributed by atoms with van der Waals surface area (Å²) in [7, 11) is -1.39. The Morgan fingerprint density at radius 2 is 1.77 bits per heavy atom. The molecule has 2 nitrogen and oxygen atoms in total. The predicted molar refractivity (Wildman–Crippen MR) is 56.8 cm³/mol. The van der Waals surface area contributed by atoms with Crippen LogP contribution in [-0.2, 0) is 9.47 Å². The Hall–Kier alpha value is -0.703. The normalized spacial score (nSPS) is 21.6. The van der Waals surface area contributed by atoms with Gasteiger partial charge in [0, 0.05) is 19.9 Å². The Labute approximate surface area is 81.2 Å². The van der Waals surface area contributed by atoms with E-state index in [-0.39, 0.29) is 0 Å². The van der Waals surface area contributed by atoms with Gasteiger partial charge in [-0.2, -0.15) is 0 Å². The van der Waals surface area contributed by atoms with E-state index in [2.05, 4.69) is 26.2 Å². The number of rotatable bonds is 1. The molecule has 13 heavy (non-hydrogen) atoms. The molecule has 0 aromatic carbocycles. The van der Waals surface area contributed by atoms with Gasteiger partial charge < -0.3 is 9.47 Å². The lowest BCUT2D eigenvalue weighted by molar-refractivity contribution is -0.165. The fourth-order valence-electron chi connectivity index (χ4n) is 1.18. The van der Waals surface area contributed by atoms with Gasteiger partial charge in [-0.05, 0) is 0 Å². The van der Waals surface area contributed by atoms with Gasteiger partial charge in [0.05, 0.1) is 5.38 Å². The SMILES string of the molecule is C=C1C=C([Si](C)(C)C)OC(C)(C)O1. The minimum absolute atomic E-state index is 0.554. The van der Waals surface area contributed by atoms with Gasteiger partial charge in [-0.1, -0.05) is 26.2 Å². The van der Waals surface area contributed by atoms with Gasteiger partial charge in [-0.3, -0.25) is 0 Å². The molecular formula is C10H18O2Si. The van der Waals surface area contributed by atoms with Gasteiger partial charge in [-0.25, -0.2) is 0 Å². The molecule has 0 N–H and O–H groups in total. The maximum Gasteiger partial charge on any atom is 0.244 e. The Bertz CT molecular complexity index is 259. The van der Waals surface area contributed by atoms with E-state index in [4.69, 9.17) is 9.47 Å². The van der Waals surface area contributed by atoms with Gasteiger partial charge >= 0.3 is 0 Å². The van der Waals surface area contributed by atoms with Crippen LogP contribution in [0.25, 0.3) is 0 Å². The molecule has 0 atom stereocenters. The van der Waals surface area contributed by atoms with Crippen LogP contribution in [0.1, 0.15) is 13.8 Å². The largest absolute Gasteiger partial charge is 0.462 e. The second-order valence-corrected chi connectivity index (χ2v) is 9.82. The summed E-state index contributed by atoms with van der Waals surface area (Å²) in [5.41, 5.74) is 0. The number of hydrogen-bond acceptors (Lipinski definition) is 2. The molecule has 0 bridgehead atoms. The molecule has 0 amide bonds. The molecular weight excluding hydrogens is 180 g/mol. The first kappa shape index (κ1) is 10.4. The third-order valence-corrected chi connectivity index (χ3v) is 3.49. The van der Waals surface area contributed by atoms with Crippen molar-refractivity contribution in [3.05, 3.63) is 23.8 Å². The first-order valence-corrected chi connectivity index (χ1v) is 8.00. The second-order valence-electron chi connectivity index (χ2n) is 4.83. The smallest absolute Gasteiger partial charge is 0.244 e. The van der Waals surface area contributed by atoms with E-state index < -0.39 is 13.9 Å². The number of ether oxygens (including phenoxy) is 2. The van der Waals surface area contributed by atoms with Gasteiger partial charge in [0.15, 0.2) is 0 Å². The Morgan fingerprint density at radius 3 is 2.15 bits per heavy atom. The lowest BCUT2D eigenvalue weighted by Gasteiger charge is -2.36. The zero-order chi connectivity index (χ0) is 10.3. The standard InChI is InChI=1S/C10H18O2Si/c1-8-7-9(13(4,5)6)12-10(2,3)11-8/h7H,1H2,2-6H3. The third-order valence-electron chi connectivity index (χ3n) is 1.76. The van der Waals surface area contributed by atoms with Crippen molar-refractivity contribution in [2.45, 2.75) is 39.3 Å². The Balaban J connectivity index is 2.94. The van der Waals surface area contributed by atoms with Crippen LogP contribution >= 0.6 is 0 Å². The maximum atomic E-state index is 5.75. The highest BCUT2D eigenvalue weighted by Crippen LogP contribution is 2.30. The van der Waals surface area contributed by atoms with Crippen LogP contribution in [-0.4, -0.2) is 13.9 Å². The van der Waals surface area contributed by atoms with Crippen molar-refractivity contribution in [3.63, 3.8) is 0 Å². The molecule has 0 aliphatic carbocycles. The first-order chi connectivity index (χ1) is 5.71.